The van der Waals surface area contributed by atoms with E-state index in [2.05, 4.69) is 26.0 Å². The molecular formula is C44H34B2O8. The molecule has 0 unspecified atom stereocenters. The third-order valence-corrected chi connectivity index (χ3v) is 9.93. The molecule has 54 heavy (non-hydrogen) atoms. The van der Waals surface area contributed by atoms with E-state index in [-0.39, 0.29) is 11.0 Å². The third kappa shape index (κ3) is 5.41. The van der Waals surface area contributed by atoms with Gasteiger partial charge in [-0.1, -0.05) is 83.9 Å². The minimum atomic E-state index is -1.14. The highest BCUT2D eigenvalue weighted by molar-refractivity contribution is 6.46. The lowest BCUT2D eigenvalue weighted by Crippen LogP contribution is -2.17. The number of furan rings is 1. The van der Waals surface area contributed by atoms with Crippen molar-refractivity contribution in [2.75, 3.05) is 0 Å². The third-order valence-electron chi connectivity index (χ3n) is 9.93. The van der Waals surface area contributed by atoms with E-state index in [0.717, 1.165) is 49.8 Å². The highest BCUT2D eigenvalue weighted by atomic mass is 16.3. The summed E-state index contributed by atoms with van der Waals surface area (Å²) < 4.78 is 6.29. The Balaban J connectivity index is 1.52. The van der Waals surface area contributed by atoms with Crippen LogP contribution in [0.25, 0.3) is 72.0 Å². The van der Waals surface area contributed by atoms with Crippen LogP contribution in [0.15, 0.2) is 101 Å². The maximum Gasteiger partial charge on any atom is 0.204 e. The van der Waals surface area contributed by atoms with Crippen LogP contribution in [0.4, 0.5) is 0 Å². The van der Waals surface area contributed by atoms with Gasteiger partial charge in [-0.2, -0.15) is 0 Å². The zero-order valence-electron chi connectivity index (χ0n) is 29.9. The molecule has 0 bridgehead atoms. The van der Waals surface area contributed by atoms with Gasteiger partial charge in [-0.05, 0) is 89.6 Å². The van der Waals surface area contributed by atoms with Crippen LogP contribution < -0.4 is 10.9 Å². The highest BCUT2D eigenvalue weighted by Gasteiger charge is 2.31. The van der Waals surface area contributed by atoms with Gasteiger partial charge >= 0.3 is 0 Å². The normalized spacial score (nSPS) is 11.9. The maximum atomic E-state index is 11.5. The van der Waals surface area contributed by atoms with Gasteiger partial charge in [0, 0.05) is 33.2 Å². The predicted octanol–water partition coefficient (Wildman–Crippen LogP) is 8.50. The van der Waals surface area contributed by atoms with Gasteiger partial charge in [-0.15, -0.1) is 0 Å². The van der Waals surface area contributed by atoms with Crippen LogP contribution >= 0.6 is 0 Å². The molecule has 4 radical (unpaired) electrons. The molecule has 0 spiro atoms. The smallest absolute Gasteiger partial charge is 0.204 e. The largest absolute Gasteiger partial charge is 0.505 e. The van der Waals surface area contributed by atoms with Crippen molar-refractivity contribution in [3.05, 3.63) is 107 Å². The zero-order valence-corrected chi connectivity index (χ0v) is 29.9. The zero-order chi connectivity index (χ0) is 38.7. The number of hydrogen-bond acceptors (Lipinski definition) is 8. The van der Waals surface area contributed by atoms with Crippen molar-refractivity contribution in [3.8, 4) is 73.6 Å². The van der Waals surface area contributed by atoms with E-state index in [1.165, 1.54) is 5.57 Å². The molecule has 7 N–H and O–H groups in total. The molecule has 0 aliphatic heterocycles. The monoisotopic (exact) mass is 712 g/mol. The van der Waals surface area contributed by atoms with Gasteiger partial charge in [0.1, 0.15) is 27.0 Å². The van der Waals surface area contributed by atoms with Crippen molar-refractivity contribution >= 4 is 65.2 Å². The Morgan fingerprint density at radius 1 is 0.556 bits per heavy atom. The molecule has 0 saturated heterocycles. The molecule has 264 valence electrons. The average Bonchev–Trinajstić information content (AvgIpc) is 3.48. The number of aromatic hydroxyl groups is 7. The van der Waals surface area contributed by atoms with Gasteiger partial charge in [0.15, 0.2) is 23.0 Å². The summed E-state index contributed by atoms with van der Waals surface area (Å²) in [5, 5.41) is 79.3. The fraction of sp³-hybridized carbons (Fsp3) is 0.0909. The van der Waals surface area contributed by atoms with E-state index in [0.29, 0.717) is 16.3 Å². The Morgan fingerprint density at radius 3 is 1.57 bits per heavy atom. The van der Waals surface area contributed by atoms with Gasteiger partial charge in [0.2, 0.25) is 17.2 Å². The lowest BCUT2D eigenvalue weighted by molar-refractivity contribution is 0.348. The first kappa shape index (κ1) is 35.7. The van der Waals surface area contributed by atoms with E-state index in [1.807, 2.05) is 92.7 Å². The minimum Gasteiger partial charge on any atom is -0.505 e. The molecule has 0 saturated carbocycles. The second kappa shape index (κ2) is 13.4. The molecule has 0 aliphatic carbocycles. The lowest BCUT2D eigenvalue weighted by Gasteiger charge is -2.24. The second-order valence-electron chi connectivity index (χ2n) is 13.3. The first-order chi connectivity index (χ1) is 25.8. The Labute approximate surface area is 313 Å². The van der Waals surface area contributed by atoms with Gasteiger partial charge < -0.3 is 40.2 Å². The van der Waals surface area contributed by atoms with Crippen molar-refractivity contribution in [1.29, 1.82) is 0 Å². The number of phenols is 7. The number of aryl methyl sites for hydroxylation is 1. The molecule has 7 aromatic rings. The van der Waals surface area contributed by atoms with Crippen LogP contribution in [0, 0.1) is 6.92 Å². The second-order valence-corrected chi connectivity index (χ2v) is 13.3. The Hall–Kier alpha value is -6.67. The molecule has 0 aliphatic rings. The number of hydrogen-bond donors (Lipinski definition) is 7. The number of rotatable bonds is 6. The molecular weight excluding hydrogens is 678 g/mol. The van der Waals surface area contributed by atoms with Gasteiger partial charge in [0.05, 0.1) is 0 Å². The Kier molecular flexibility index (Phi) is 8.86. The molecule has 8 nitrogen and oxygen atoms in total. The topological polar surface area (TPSA) is 155 Å². The summed E-state index contributed by atoms with van der Waals surface area (Å²) in [4.78, 5) is 0. The van der Waals surface area contributed by atoms with Crippen LogP contribution in [0.1, 0.15) is 32.1 Å². The Bertz CT molecular complexity index is 2720. The summed E-state index contributed by atoms with van der Waals surface area (Å²) in [6, 6.07) is 20.9. The van der Waals surface area contributed by atoms with Crippen LogP contribution in [-0.2, 0) is 0 Å². The first-order valence-electron chi connectivity index (χ1n) is 17.1. The molecule has 0 atom stereocenters. The van der Waals surface area contributed by atoms with Crippen molar-refractivity contribution in [2.45, 2.75) is 27.7 Å². The molecule has 0 fully saturated rings. The molecule has 1 heterocycles. The van der Waals surface area contributed by atoms with Crippen LogP contribution in [0.2, 0.25) is 0 Å². The van der Waals surface area contributed by atoms with Gasteiger partial charge in [-0.25, -0.2) is 0 Å². The van der Waals surface area contributed by atoms with Crippen molar-refractivity contribution in [2.24, 2.45) is 0 Å². The minimum absolute atomic E-state index is 0.115. The van der Waals surface area contributed by atoms with Crippen molar-refractivity contribution in [1.82, 2.24) is 0 Å². The van der Waals surface area contributed by atoms with E-state index < -0.39 is 56.8 Å². The SMILES string of the molecule is [B]c1c(O)c(O)c(O)c(O)c1-c1c([B])c(-c2c3ccccc3c(-c3ccc4oc(/C=C\C(/C=C\C)=C(C)C)c(C)c4c3)c3ccccc23)c(O)c(O)c1O. The average molecular weight is 712 g/mol. The number of phenolic OH excluding ortho intramolecular Hbond substituents is 7. The summed E-state index contributed by atoms with van der Waals surface area (Å²) in [5.74, 6) is -6.24. The number of fused-ring (bicyclic) bond motifs is 3. The van der Waals surface area contributed by atoms with Gasteiger partial charge in [0.25, 0.3) is 0 Å². The van der Waals surface area contributed by atoms with Crippen LogP contribution in [-0.4, -0.2) is 51.4 Å². The molecule has 6 aromatic carbocycles. The fourth-order valence-electron chi connectivity index (χ4n) is 7.20. The number of benzene rings is 6. The molecule has 10 heteroatoms. The summed E-state index contributed by atoms with van der Waals surface area (Å²) >= 11 is 0. The van der Waals surface area contributed by atoms with E-state index >= 15 is 0 Å². The summed E-state index contributed by atoms with van der Waals surface area (Å²) in [6.07, 6.45) is 8.07. The summed E-state index contributed by atoms with van der Waals surface area (Å²) in [5.41, 5.74) is 3.94. The first-order valence-corrected chi connectivity index (χ1v) is 17.1. The summed E-state index contributed by atoms with van der Waals surface area (Å²) in [6.45, 7) is 8.12. The molecule has 7 rings (SSSR count). The highest BCUT2D eigenvalue weighted by Crippen LogP contribution is 2.54. The summed E-state index contributed by atoms with van der Waals surface area (Å²) in [7, 11) is 12.8. The standard InChI is InChI=1S/C44H34B2O8/c1-5-10-22(20(2)3)15-17-29-21(4)28-19-23(16-18-30(28)54-29)31-24-11-6-8-13-26(24)32(27-14-9-7-12-25(27)31)33-36(45)34(39(48)42(51)38(33)47)35-37(46)41(50)44(53)43(52)40(35)49/h5-19,47-53H,1-4H3/b10-5-,17-15-. The van der Waals surface area contributed by atoms with Gasteiger partial charge in [-0.3, -0.25) is 0 Å². The van der Waals surface area contributed by atoms with E-state index in [9.17, 15) is 35.7 Å². The quantitative estimate of drug-likeness (QED) is 0.0298. The lowest BCUT2D eigenvalue weighted by atomic mass is 9.74. The molecule has 1 aromatic heterocycles. The van der Waals surface area contributed by atoms with Crippen molar-refractivity contribution < 1.29 is 40.2 Å². The number of allylic oxidation sites excluding steroid dienone is 5. The van der Waals surface area contributed by atoms with E-state index in [4.69, 9.17) is 20.1 Å². The molecule has 0 amide bonds. The van der Waals surface area contributed by atoms with Crippen molar-refractivity contribution in [3.63, 3.8) is 0 Å². The van der Waals surface area contributed by atoms with Crippen LogP contribution in [0.5, 0.6) is 40.2 Å². The maximum absolute atomic E-state index is 11.5. The predicted molar refractivity (Wildman–Crippen MR) is 217 cm³/mol. The van der Waals surface area contributed by atoms with Crippen LogP contribution in [0.3, 0.4) is 0 Å². The fourth-order valence-corrected chi connectivity index (χ4v) is 7.20. The van der Waals surface area contributed by atoms with E-state index in [1.54, 1.807) is 0 Å². The Morgan fingerprint density at radius 2 is 1.04 bits per heavy atom.